The van der Waals surface area contributed by atoms with Crippen molar-refractivity contribution in [2.75, 3.05) is 0 Å². The number of hydrogen-bond acceptors (Lipinski definition) is 2. The lowest BCUT2D eigenvalue weighted by Gasteiger charge is -2.42. The summed E-state index contributed by atoms with van der Waals surface area (Å²) in [7, 11) is 0. The van der Waals surface area contributed by atoms with Crippen molar-refractivity contribution < 1.29 is 4.79 Å². The molecule has 0 unspecified atom stereocenters. The summed E-state index contributed by atoms with van der Waals surface area (Å²) in [5.41, 5.74) is 4.50. The summed E-state index contributed by atoms with van der Waals surface area (Å²) in [4.78, 5) is 11.8. The monoisotopic (exact) mass is 261 g/mol. The van der Waals surface area contributed by atoms with Gasteiger partial charge in [0.25, 0.3) is 0 Å². The Morgan fingerprint density at radius 3 is 2.94 bits per heavy atom. The van der Waals surface area contributed by atoms with Crippen LogP contribution in [0.15, 0.2) is 29.5 Å². The van der Waals surface area contributed by atoms with E-state index in [1.807, 2.05) is 19.1 Å². The van der Waals surface area contributed by atoms with E-state index in [9.17, 15) is 4.79 Å². The number of rotatable bonds is 0. The van der Waals surface area contributed by atoms with Crippen molar-refractivity contribution in [1.29, 1.82) is 0 Å². The first kappa shape index (κ1) is 11.8. The SMILES string of the molecule is CC1=C2NCc3cc(Cl)ccc3[C@@]2(C)CCC1=O. The van der Waals surface area contributed by atoms with Crippen LogP contribution in [0.3, 0.4) is 0 Å². The predicted molar refractivity (Wildman–Crippen MR) is 72.6 cm³/mol. The third-order valence-electron chi connectivity index (χ3n) is 4.31. The number of ketones is 1. The largest absolute Gasteiger partial charge is 0.383 e. The Hall–Kier alpha value is -1.28. The molecule has 1 aliphatic carbocycles. The standard InChI is InChI=1S/C15H16ClNO/c1-9-13(18)5-6-15(2)12-4-3-11(16)7-10(12)8-17-14(9)15/h3-4,7,17H,5-6,8H2,1-2H3/t15-/m1/s1. The highest BCUT2D eigenvalue weighted by atomic mass is 35.5. The van der Waals surface area contributed by atoms with E-state index >= 15 is 0 Å². The molecule has 0 bridgehead atoms. The lowest BCUT2D eigenvalue weighted by molar-refractivity contribution is -0.116. The van der Waals surface area contributed by atoms with E-state index in [0.29, 0.717) is 6.42 Å². The van der Waals surface area contributed by atoms with E-state index in [4.69, 9.17) is 11.6 Å². The van der Waals surface area contributed by atoms with E-state index < -0.39 is 0 Å². The fourth-order valence-corrected chi connectivity index (χ4v) is 3.45. The third kappa shape index (κ3) is 1.52. The molecule has 0 spiro atoms. The molecule has 1 heterocycles. The summed E-state index contributed by atoms with van der Waals surface area (Å²) >= 11 is 6.06. The van der Waals surface area contributed by atoms with Gasteiger partial charge >= 0.3 is 0 Å². The minimum Gasteiger partial charge on any atom is -0.383 e. The van der Waals surface area contributed by atoms with Gasteiger partial charge in [0.1, 0.15) is 0 Å². The molecule has 1 aromatic rings. The molecule has 0 amide bonds. The van der Waals surface area contributed by atoms with Crippen molar-refractivity contribution in [2.45, 2.75) is 38.6 Å². The first-order valence-corrected chi connectivity index (χ1v) is 6.67. The second kappa shape index (κ2) is 3.86. The van der Waals surface area contributed by atoms with Crippen LogP contribution in [-0.4, -0.2) is 5.78 Å². The lowest BCUT2D eigenvalue weighted by Crippen LogP contribution is -2.43. The Balaban J connectivity index is 2.21. The van der Waals surface area contributed by atoms with E-state index in [1.54, 1.807) is 0 Å². The van der Waals surface area contributed by atoms with E-state index in [-0.39, 0.29) is 11.2 Å². The van der Waals surface area contributed by atoms with E-state index in [2.05, 4.69) is 18.3 Å². The van der Waals surface area contributed by atoms with Crippen LogP contribution in [-0.2, 0) is 16.8 Å². The van der Waals surface area contributed by atoms with Gasteiger partial charge in [0.05, 0.1) is 0 Å². The van der Waals surface area contributed by atoms with Crippen molar-refractivity contribution in [3.63, 3.8) is 0 Å². The summed E-state index contributed by atoms with van der Waals surface area (Å²) in [6, 6.07) is 6.08. The third-order valence-corrected chi connectivity index (χ3v) is 4.55. The minimum absolute atomic E-state index is 0.0594. The average molecular weight is 262 g/mol. The maximum atomic E-state index is 11.8. The molecule has 18 heavy (non-hydrogen) atoms. The van der Waals surface area contributed by atoms with Gasteiger partial charge in [-0.05, 0) is 43.5 Å². The molecule has 1 aromatic carbocycles. The Morgan fingerprint density at radius 2 is 2.17 bits per heavy atom. The van der Waals surface area contributed by atoms with Gasteiger partial charge in [-0.1, -0.05) is 17.7 Å². The number of fused-ring (bicyclic) bond motifs is 3. The highest BCUT2D eigenvalue weighted by Crippen LogP contribution is 2.45. The first-order valence-electron chi connectivity index (χ1n) is 6.30. The zero-order valence-electron chi connectivity index (χ0n) is 10.6. The number of hydrogen-bond donors (Lipinski definition) is 1. The van der Waals surface area contributed by atoms with Crippen LogP contribution in [0.4, 0.5) is 0 Å². The summed E-state index contributed by atoms with van der Waals surface area (Å²) in [5.74, 6) is 0.271. The van der Waals surface area contributed by atoms with E-state index in [0.717, 1.165) is 29.3 Å². The van der Waals surface area contributed by atoms with Gasteiger partial charge in [0.2, 0.25) is 0 Å². The maximum absolute atomic E-state index is 11.8. The van der Waals surface area contributed by atoms with Crippen LogP contribution >= 0.6 is 11.6 Å². The van der Waals surface area contributed by atoms with Crippen molar-refractivity contribution >= 4 is 17.4 Å². The van der Waals surface area contributed by atoms with Gasteiger partial charge in [-0.2, -0.15) is 0 Å². The highest BCUT2D eigenvalue weighted by molar-refractivity contribution is 6.30. The number of benzene rings is 1. The molecule has 0 aromatic heterocycles. The Kier molecular flexibility index (Phi) is 2.53. The minimum atomic E-state index is -0.0594. The van der Waals surface area contributed by atoms with Crippen LogP contribution in [0.25, 0.3) is 0 Å². The Morgan fingerprint density at radius 1 is 1.39 bits per heavy atom. The molecule has 2 aliphatic rings. The summed E-state index contributed by atoms with van der Waals surface area (Å²) in [5, 5.41) is 4.20. The molecule has 1 aliphatic heterocycles. The molecule has 0 saturated heterocycles. The Bertz CT molecular complexity index is 576. The first-order chi connectivity index (χ1) is 8.52. The van der Waals surface area contributed by atoms with Gasteiger partial charge in [-0.15, -0.1) is 0 Å². The van der Waals surface area contributed by atoms with Gasteiger partial charge < -0.3 is 5.32 Å². The van der Waals surface area contributed by atoms with Crippen molar-refractivity contribution in [1.82, 2.24) is 5.32 Å². The van der Waals surface area contributed by atoms with E-state index in [1.165, 1.54) is 11.1 Å². The van der Waals surface area contributed by atoms with Crippen molar-refractivity contribution in [3.05, 3.63) is 45.6 Å². The molecule has 1 N–H and O–H groups in total. The van der Waals surface area contributed by atoms with Gasteiger partial charge in [-0.3, -0.25) is 4.79 Å². The predicted octanol–water partition coefficient (Wildman–Crippen LogP) is 3.34. The summed E-state index contributed by atoms with van der Waals surface area (Å²) in [6.07, 6.45) is 1.51. The van der Waals surface area contributed by atoms with Crippen molar-refractivity contribution in [2.24, 2.45) is 0 Å². The molecule has 0 saturated carbocycles. The molecule has 3 heteroatoms. The zero-order chi connectivity index (χ0) is 12.9. The molecule has 0 fully saturated rings. The van der Waals surface area contributed by atoms with Crippen molar-refractivity contribution in [3.8, 4) is 0 Å². The van der Waals surface area contributed by atoms with Crippen LogP contribution in [0.5, 0.6) is 0 Å². The number of Topliss-reactive ketones (excluding diaryl/α,β-unsaturated/α-hetero) is 1. The summed E-state index contributed by atoms with van der Waals surface area (Å²) in [6.45, 7) is 4.91. The number of allylic oxidation sites excluding steroid dienone is 2. The quantitative estimate of drug-likeness (QED) is 0.776. The zero-order valence-corrected chi connectivity index (χ0v) is 11.4. The topological polar surface area (TPSA) is 29.1 Å². The molecular formula is C15H16ClNO. The fraction of sp³-hybridized carbons (Fsp3) is 0.400. The van der Waals surface area contributed by atoms with Crippen LogP contribution in [0.1, 0.15) is 37.8 Å². The number of halogens is 1. The van der Waals surface area contributed by atoms with Crippen LogP contribution < -0.4 is 5.32 Å². The Labute approximate surface area is 112 Å². The number of carbonyl (C=O) groups excluding carboxylic acids is 1. The van der Waals surface area contributed by atoms with Gasteiger partial charge in [0, 0.05) is 34.7 Å². The maximum Gasteiger partial charge on any atom is 0.160 e. The average Bonchev–Trinajstić information content (AvgIpc) is 2.34. The molecule has 0 radical (unpaired) electrons. The molecule has 3 rings (SSSR count). The van der Waals surface area contributed by atoms with Crippen LogP contribution in [0.2, 0.25) is 5.02 Å². The molecule has 2 nitrogen and oxygen atoms in total. The normalized spacial score (nSPS) is 26.5. The van der Waals surface area contributed by atoms with Crippen LogP contribution in [0, 0.1) is 0 Å². The summed E-state index contributed by atoms with van der Waals surface area (Å²) < 4.78 is 0. The fourth-order valence-electron chi connectivity index (χ4n) is 3.26. The highest BCUT2D eigenvalue weighted by Gasteiger charge is 2.41. The number of nitrogens with one attached hydrogen (secondary N) is 1. The second-order valence-corrected chi connectivity index (χ2v) is 5.85. The lowest BCUT2D eigenvalue weighted by atomic mass is 9.67. The van der Waals surface area contributed by atoms with Gasteiger partial charge in [-0.25, -0.2) is 0 Å². The molecule has 1 atom stereocenters. The molecular weight excluding hydrogens is 246 g/mol. The molecule has 94 valence electrons. The smallest absolute Gasteiger partial charge is 0.160 e. The number of carbonyl (C=O) groups is 1. The van der Waals surface area contributed by atoms with Gasteiger partial charge in [0.15, 0.2) is 5.78 Å². The second-order valence-electron chi connectivity index (χ2n) is 5.41.